The molecule has 1 aromatic carbocycles. The molecule has 0 aliphatic rings. The topological polar surface area (TPSA) is 43.4 Å². The van der Waals surface area contributed by atoms with Crippen LogP contribution in [-0.4, -0.2) is 8.42 Å². The summed E-state index contributed by atoms with van der Waals surface area (Å²) in [6.07, 6.45) is 0. The second-order valence-electron chi connectivity index (χ2n) is 3.04. The van der Waals surface area contributed by atoms with Crippen LogP contribution in [-0.2, 0) is 10.1 Å². The Labute approximate surface area is 113 Å². The summed E-state index contributed by atoms with van der Waals surface area (Å²) >= 11 is 12.6. The molecule has 1 aromatic heterocycles. The molecule has 0 amide bonds. The molecule has 2 aromatic rings. The molecule has 7 heteroatoms. The lowest BCUT2D eigenvalue weighted by atomic mass is 10.3. The molecule has 17 heavy (non-hydrogen) atoms. The monoisotopic (exact) mass is 308 g/mol. The Hall–Kier alpha value is -0.750. The number of hydrogen-bond acceptors (Lipinski definition) is 4. The normalized spacial score (nSPS) is 11.4. The van der Waals surface area contributed by atoms with Crippen molar-refractivity contribution in [3.8, 4) is 5.75 Å². The van der Waals surface area contributed by atoms with Gasteiger partial charge in [-0.1, -0.05) is 29.3 Å². The summed E-state index contributed by atoms with van der Waals surface area (Å²) in [6, 6.07) is 7.46. The first-order chi connectivity index (χ1) is 7.99. The van der Waals surface area contributed by atoms with Gasteiger partial charge in [0.15, 0.2) is 9.96 Å². The zero-order chi connectivity index (χ0) is 12.5. The highest BCUT2D eigenvalue weighted by atomic mass is 35.5. The van der Waals surface area contributed by atoms with Gasteiger partial charge in [-0.05, 0) is 23.6 Å². The maximum absolute atomic E-state index is 11.8. The summed E-state index contributed by atoms with van der Waals surface area (Å²) < 4.78 is 28.7. The van der Waals surface area contributed by atoms with Gasteiger partial charge in [0, 0.05) is 11.1 Å². The van der Waals surface area contributed by atoms with E-state index in [1.807, 2.05) is 0 Å². The first-order valence-electron chi connectivity index (χ1n) is 4.42. The number of thiophene rings is 1. The molecule has 2 rings (SSSR count). The second-order valence-corrected chi connectivity index (χ2v) is 6.61. The molecule has 0 radical (unpaired) electrons. The first kappa shape index (κ1) is 12.7. The number of halogens is 2. The summed E-state index contributed by atoms with van der Waals surface area (Å²) in [4.78, 5) is 0. The van der Waals surface area contributed by atoms with Crippen molar-refractivity contribution in [3.63, 3.8) is 0 Å². The van der Waals surface area contributed by atoms with Crippen LogP contribution < -0.4 is 4.18 Å². The van der Waals surface area contributed by atoms with Gasteiger partial charge in [-0.25, -0.2) is 0 Å². The van der Waals surface area contributed by atoms with Crippen LogP contribution in [0.3, 0.4) is 0 Å². The van der Waals surface area contributed by atoms with Gasteiger partial charge in [-0.3, -0.25) is 0 Å². The van der Waals surface area contributed by atoms with Gasteiger partial charge in [-0.15, -0.1) is 11.3 Å². The molecule has 0 bridgehead atoms. The van der Waals surface area contributed by atoms with E-state index >= 15 is 0 Å². The minimum Gasteiger partial charge on any atom is -0.377 e. The van der Waals surface area contributed by atoms with Gasteiger partial charge >= 0.3 is 10.1 Å². The van der Waals surface area contributed by atoms with Gasteiger partial charge in [0.2, 0.25) is 0 Å². The number of hydrogen-bond donors (Lipinski definition) is 0. The predicted molar refractivity (Wildman–Crippen MR) is 68.6 cm³/mol. The van der Waals surface area contributed by atoms with Gasteiger partial charge < -0.3 is 4.18 Å². The summed E-state index contributed by atoms with van der Waals surface area (Å²) in [6.45, 7) is 0. The van der Waals surface area contributed by atoms with Crippen molar-refractivity contribution in [2.45, 2.75) is 4.21 Å². The quantitative estimate of drug-likeness (QED) is 0.810. The minimum atomic E-state index is -3.83. The van der Waals surface area contributed by atoms with Crippen molar-refractivity contribution in [3.05, 3.63) is 45.8 Å². The van der Waals surface area contributed by atoms with E-state index < -0.39 is 10.1 Å². The molecule has 0 aliphatic carbocycles. The van der Waals surface area contributed by atoms with Crippen LogP contribution in [0, 0.1) is 0 Å². The largest absolute Gasteiger partial charge is 0.377 e. The van der Waals surface area contributed by atoms with Crippen molar-refractivity contribution >= 4 is 44.7 Å². The average Bonchev–Trinajstić information content (AvgIpc) is 2.77. The number of benzene rings is 1. The molecule has 0 aliphatic heterocycles. The van der Waals surface area contributed by atoms with E-state index in [1.54, 1.807) is 17.5 Å². The van der Waals surface area contributed by atoms with Crippen LogP contribution in [0.4, 0.5) is 0 Å². The Balaban J connectivity index is 2.36. The fourth-order valence-electron chi connectivity index (χ4n) is 1.11. The molecule has 0 N–H and O–H groups in total. The van der Waals surface area contributed by atoms with E-state index in [1.165, 1.54) is 18.2 Å². The van der Waals surface area contributed by atoms with Crippen molar-refractivity contribution in [1.29, 1.82) is 0 Å². The zero-order valence-electron chi connectivity index (χ0n) is 8.26. The zero-order valence-corrected chi connectivity index (χ0v) is 11.4. The van der Waals surface area contributed by atoms with Crippen LogP contribution in [0.25, 0.3) is 0 Å². The molecule has 1 heterocycles. The lowest BCUT2D eigenvalue weighted by Gasteiger charge is -2.06. The highest BCUT2D eigenvalue weighted by Gasteiger charge is 2.19. The average molecular weight is 309 g/mol. The third kappa shape index (κ3) is 2.93. The molecule has 0 atom stereocenters. The van der Waals surface area contributed by atoms with E-state index in [4.69, 9.17) is 27.4 Å². The minimum absolute atomic E-state index is 0.0209. The maximum atomic E-state index is 11.8. The Morgan fingerprint density at radius 2 is 1.94 bits per heavy atom. The van der Waals surface area contributed by atoms with Crippen molar-refractivity contribution in [2.75, 3.05) is 0 Å². The maximum Gasteiger partial charge on any atom is 0.348 e. The van der Waals surface area contributed by atoms with Gasteiger partial charge in [0.25, 0.3) is 0 Å². The molecule has 3 nitrogen and oxygen atoms in total. The van der Waals surface area contributed by atoms with Gasteiger partial charge in [0.05, 0.1) is 5.02 Å². The molecule has 0 unspecified atom stereocenters. The molecule has 90 valence electrons. The van der Waals surface area contributed by atoms with E-state index in [0.29, 0.717) is 5.02 Å². The van der Waals surface area contributed by atoms with Crippen LogP contribution in [0.15, 0.2) is 39.9 Å². The van der Waals surface area contributed by atoms with Crippen LogP contribution >= 0.6 is 34.5 Å². The Kier molecular flexibility index (Phi) is 3.63. The SMILES string of the molecule is O=S(=O)(Oc1cc(Cl)ccc1Cl)c1cccs1. The fraction of sp³-hybridized carbons (Fsp3) is 0. The summed E-state index contributed by atoms with van der Waals surface area (Å²) in [7, 11) is -3.83. The lowest BCUT2D eigenvalue weighted by molar-refractivity contribution is 0.488. The highest BCUT2D eigenvalue weighted by molar-refractivity contribution is 7.89. The third-order valence-corrected chi connectivity index (χ3v) is 4.97. The van der Waals surface area contributed by atoms with Crippen molar-refractivity contribution in [1.82, 2.24) is 0 Å². The van der Waals surface area contributed by atoms with Crippen LogP contribution in [0.2, 0.25) is 10.0 Å². The van der Waals surface area contributed by atoms with Crippen LogP contribution in [0.1, 0.15) is 0 Å². The molecule has 0 spiro atoms. The standard InChI is InChI=1S/C10H6Cl2O3S2/c11-7-3-4-8(12)9(6-7)15-17(13,14)10-2-1-5-16-10/h1-6H. The Morgan fingerprint density at radius 1 is 1.18 bits per heavy atom. The lowest BCUT2D eigenvalue weighted by Crippen LogP contribution is -2.08. The third-order valence-electron chi connectivity index (χ3n) is 1.83. The summed E-state index contributed by atoms with van der Waals surface area (Å²) in [5, 5.41) is 2.19. The summed E-state index contributed by atoms with van der Waals surface area (Å²) in [5.41, 5.74) is 0. The van der Waals surface area contributed by atoms with E-state index in [2.05, 4.69) is 0 Å². The molecule has 0 fully saturated rings. The van der Waals surface area contributed by atoms with E-state index in [9.17, 15) is 8.42 Å². The van der Waals surface area contributed by atoms with E-state index in [-0.39, 0.29) is 15.0 Å². The molecule has 0 saturated heterocycles. The van der Waals surface area contributed by atoms with Crippen LogP contribution in [0.5, 0.6) is 5.75 Å². The van der Waals surface area contributed by atoms with Crippen molar-refractivity contribution < 1.29 is 12.6 Å². The predicted octanol–water partition coefficient (Wildman–Crippen LogP) is 3.82. The summed E-state index contributed by atoms with van der Waals surface area (Å²) in [5.74, 6) is 0.0209. The highest BCUT2D eigenvalue weighted by Crippen LogP contribution is 2.31. The first-order valence-corrected chi connectivity index (χ1v) is 7.46. The second kappa shape index (κ2) is 4.86. The molecular formula is C10H6Cl2O3S2. The molecular weight excluding hydrogens is 303 g/mol. The smallest absolute Gasteiger partial charge is 0.348 e. The Bertz CT molecular complexity index is 621. The fourth-order valence-corrected chi connectivity index (χ4v) is 3.36. The van der Waals surface area contributed by atoms with Crippen molar-refractivity contribution in [2.24, 2.45) is 0 Å². The molecule has 0 saturated carbocycles. The van der Waals surface area contributed by atoms with Gasteiger partial charge in [-0.2, -0.15) is 8.42 Å². The van der Waals surface area contributed by atoms with E-state index in [0.717, 1.165) is 11.3 Å². The number of rotatable bonds is 3. The van der Waals surface area contributed by atoms with Gasteiger partial charge in [0.1, 0.15) is 0 Å². The Morgan fingerprint density at radius 3 is 2.59 bits per heavy atom.